The van der Waals surface area contributed by atoms with E-state index >= 15 is 0 Å². The second-order valence-corrected chi connectivity index (χ2v) is 5.86. The molecular formula is C20H28IN5O2. The summed E-state index contributed by atoms with van der Waals surface area (Å²) in [6.07, 6.45) is 0.311. The van der Waals surface area contributed by atoms with Gasteiger partial charge in [0.05, 0.1) is 6.61 Å². The Hall–Kier alpha value is -2.36. The Bertz CT molecular complexity index is 783. The molecule has 7 nitrogen and oxygen atoms in total. The summed E-state index contributed by atoms with van der Waals surface area (Å²) in [4.78, 5) is 20.5. The number of carbonyl (C=O) groups excluding carboxylic acids is 1. The number of guanidine groups is 1. The van der Waals surface area contributed by atoms with Crippen molar-refractivity contribution in [3.63, 3.8) is 0 Å². The van der Waals surface area contributed by atoms with Crippen LogP contribution >= 0.6 is 24.0 Å². The van der Waals surface area contributed by atoms with Crippen molar-refractivity contribution in [3.05, 3.63) is 53.7 Å². The summed E-state index contributed by atoms with van der Waals surface area (Å²) in [5.74, 6) is 1.95. The van der Waals surface area contributed by atoms with Crippen molar-refractivity contribution < 1.29 is 9.53 Å². The molecule has 1 amide bonds. The van der Waals surface area contributed by atoms with Crippen LogP contribution in [0.1, 0.15) is 24.6 Å². The number of ether oxygens (including phenoxy) is 1. The molecule has 28 heavy (non-hydrogen) atoms. The van der Waals surface area contributed by atoms with Crippen LogP contribution in [0.4, 0.5) is 5.82 Å². The zero-order chi connectivity index (χ0) is 19.5. The van der Waals surface area contributed by atoms with Gasteiger partial charge in [-0.15, -0.1) is 24.0 Å². The summed E-state index contributed by atoms with van der Waals surface area (Å²) in [7, 11) is 1.69. The van der Waals surface area contributed by atoms with E-state index in [1.165, 1.54) is 0 Å². The highest BCUT2D eigenvalue weighted by Crippen LogP contribution is 2.17. The zero-order valence-corrected chi connectivity index (χ0v) is 18.8. The summed E-state index contributed by atoms with van der Waals surface area (Å²) in [5, 5.41) is 9.15. The number of rotatable bonds is 8. The molecule has 1 aromatic carbocycles. The number of nitrogens with one attached hydrogen (secondary N) is 3. The van der Waals surface area contributed by atoms with Gasteiger partial charge in [-0.3, -0.25) is 9.79 Å². The zero-order valence-electron chi connectivity index (χ0n) is 16.5. The van der Waals surface area contributed by atoms with E-state index in [1.807, 2.05) is 50.2 Å². The highest BCUT2D eigenvalue weighted by Gasteiger charge is 2.06. The lowest BCUT2D eigenvalue weighted by Crippen LogP contribution is -2.38. The van der Waals surface area contributed by atoms with E-state index in [1.54, 1.807) is 13.1 Å². The first-order chi connectivity index (χ1) is 13.1. The molecule has 1 aromatic heterocycles. The lowest BCUT2D eigenvalue weighted by Gasteiger charge is -2.14. The number of nitrogens with zero attached hydrogens (tertiary/aromatic N) is 2. The summed E-state index contributed by atoms with van der Waals surface area (Å²) in [6.45, 7) is 5.51. The maximum Gasteiger partial charge on any atom is 0.227 e. The molecule has 0 fully saturated rings. The van der Waals surface area contributed by atoms with Gasteiger partial charge >= 0.3 is 0 Å². The SMILES string of the molecule is CCOc1ccccc1CNC(=NC)NCCC(=O)Nc1cccc(C)n1.I. The van der Waals surface area contributed by atoms with Crippen LogP contribution in [0.3, 0.4) is 0 Å². The van der Waals surface area contributed by atoms with Gasteiger partial charge in [-0.05, 0) is 32.0 Å². The lowest BCUT2D eigenvalue weighted by atomic mass is 10.2. The standard InChI is InChI=1S/C20H27N5O2.HI/c1-4-27-17-10-6-5-9-16(17)14-23-20(21-3)22-13-12-19(26)25-18-11-7-8-15(2)24-18;/h5-11H,4,12-14H2,1-3H3,(H2,21,22,23)(H,24,25,26);1H. The highest BCUT2D eigenvalue weighted by molar-refractivity contribution is 14.0. The van der Waals surface area contributed by atoms with Crippen molar-refractivity contribution in [2.75, 3.05) is 25.5 Å². The number of carbonyl (C=O) groups is 1. The number of amides is 1. The highest BCUT2D eigenvalue weighted by atomic mass is 127. The summed E-state index contributed by atoms with van der Waals surface area (Å²) in [6, 6.07) is 13.4. The minimum atomic E-state index is -0.0993. The van der Waals surface area contributed by atoms with Crippen LogP contribution in [-0.2, 0) is 11.3 Å². The number of benzene rings is 1. The molecule has 0 saturated carbocycles. The van der Waals surface area contributed by atoms with Gasteiger partial charge in [0.25, 0.3) is 0 Å². The van der Waals surface area contributed by atoms with Gasteiger partial charge in [-0.1, -0.05) is 24.3 Å². The van der Waals surface area contributed by atoms with Crippen molar-refractivity contribution in [3.8, 4) is 5.75 Å². The van der Waals surface area contributed by atoms with Crippen molar-refractivity contribution in [2.45, 2.75) is 26.8 Å². The van der Waals surface area contributed by atoms with Crippen molar-refractivity contribution in [2.24, 2.45) is 4.99 Å². The maximum absolute atomic E-state index is 12.0. The minimum Gasteiger partial charge on any atom is -0.494 e. The Morgan fingerprint density at radius 2 is 1.93 bits per heavy atom. The van der Waals surface area contributed by atoms with Gasteiger partial charge < -0.3 is 20.7 Å². The fourth-order valence-corrected chi connectivity index (χ4v) is 2.46. The lowest BCUT2D eigenvalue weighted by molar-refractivity contribution is -0.116. The first kappa shape index (κ1) is 23.7. The molecule has 0 atom stereocenters. The molecule has 3 N–H and O–H groups in total. The Kier molecular flexibility index (Phi) is 10.9. The van der Waals surface area contributed by atoms with Gasteiger partial charge in [0.2, 0.25) is 5.91 Å². The third kappa shape index (κ3) is 8.12. The van der Waals surface area contributed by atoms with E-state index in [2.05, 4.69) is 25.9 Å². The Morgan fingerprint density at radius 3 is 2.64 bits per heavy atom. The smallest absolute Gasteiger partial charge is 0.227 e. The van der Waals surface area contributed by atoms with Crippen LogP contribution in [0.2, 0.25) is 0 Å². The molecule has 0 spiro atoms. The molecule has 0 aliphatic rings. The number of aliphatic imine (C=N–C) groups is 1. The number of aryl methyl sites for hydroxylation is 1. The van der Waals surface area contributed by atoms with Gasteiger partial charge in [-0.25, -0.2) is 4.98 Å². The number of hydrogen-bond acceptors (Lipinski definition) is 4. The first-order valence-corrected chi connectivity index (χ1v) is 9.01. The molecule has 0 aliphatic heterocycles. The topological polar surface area (TPSA) is 87.6 Å². The largest absolute Gasteiger partial charge is 0.494 e. The quantitative estimate of drug-likeness (QED) is 0.297. The fourth-order valence-electron chi connectivity index (χ4n) is 2.46. The van der Waals surface area contributed by atoms with Crippen LogP contribution < -0.4 is 20.7 Å². The molecule has 152 valence electrons. The van der Waals surface area contributed by atoms with Crippen LogP contribution in [0.15, 0.2) is 47.5 Å². The molecule has 0 radical (unpaired) electrons. The van der Waals surface area contributed by atoms with Crippen molar-refractivity contribution in [1.29, 1.82) is 0 Å². The van der Waals surface area contributed by atoms with Crippen molar-refractivity contribution in [1.82, 2.24) is 15.6 Å². The fraction of sp³-hybridized carbons (Fsp3) is 0.350. The second-order valence-electron chi connectivity index (χ2n) is 5.86. The van der Waals surface area contributed by atoms with Gasteiger partial charge in [0, 0.05) is 37.8 Å². The minimum absolute atomic E-state index is 0. The third-order valence-corrected chi connectivity index (χ3v) is 3.74. The monoisotopic (exact) mass is 497 g/mol. The van der Waals surface area contributed by atoms with Gasteiger partial charge in [0.1, 0.15) is 11.6 Å². The van der Waals surface area contributed by atoms with Crippen LogP contribution in [0.25, 0.3) is 0 Å². The summed E-state index contributed by atoms with van der Waals surface area (Å²) in [5.41, 5.74) is 1.91. The van der Waals surface area contributed by atoms with Crippen LogP contribution in [-0.4, -0.2) is 37.1 Å². The summed E-state index contributed by atoms with van der Waals surface area (Å²) < 4.78 is 5.62. The molecule has 0 saturated heterocycles. The third-order valence-electron chi connectivity index (χ3n) is 3.74. The number of anilines is 1. The average molecular weight is 497 g/mol. The molecule has 8 heteroatoms. The number of hydrogen-bond donors (Lipinski definition) is 3. The molecule has 0 bridgehead atoms. The van der Waals surface area contributed by atoms with Crippen LogP contribution in [0, 0.1) is 6.92 Å². The van der Waals surface area contributed by atoms with Crippen molar-refractivity contribution >= 4 is 41.7 Å². The van der Waals surface area contributed by atoms with E-state index in [-0.39, 0.29) is 29.9 Å². The van der Waals surface area contributed by atoms with E-state index in [0.29, 0.717) is 37.9 Å². The molecule has 1 heterocycles. The van der Waals surface area contributed by atoms with E-state index in [0.717, 1.165) is 17.0 Å². The molecule has 2 aromatic rings. The maximum atomic E-state index is 12.0. The Morgan fingerprint density at radius 1 is 1.14 bits per heavy atom. The molecular weight excluding hydrogens is 469 g/mol. The first-order valence-electron chi connectivity index (χ1n) is 9.01. The Balaban J connectivity index is 0.00000392. The predicted octanol–water partition coefficient (Wildman–Crippen LogP) is 3.10. The normalized spacial score (nSPS) is 10.6. The molecule has 0 aliphatic carbocycles. The second kappa shape index (κ2) is 12.9. The van der Waals surface area contributed by atoms with E-state index in [4.69, 9.17) is 4.74 Å². The number of aromatic nitrogens is 1. The van der Waals surface area contributed by atoms with Gasteiger partial charge in [0.15, 0.2) is 5.96 Å². The van der Waals surface area contributed by atoms with Crippen LogP contribution in [0.5, 0.6) is 5.75 Å². The number of para-hydroxylation sites is 1. The predicted molar refractivity (Wildman–Crippen MR) is 123 cm³/mol. The summed E-state index contributed by atoms with van der Waals surface area (Å²) >= 11 is 0. The number of halogens is 1. The Labute approximate surface area is 183 Å². The van der Waals surface area contributed by atoms with E-state index in [9.17, 15) is 4.79 Å². The molecule has 2 rings (SSSR count). The van der Waals surface area contributed by atoms with E-state index < -0.39 is 0 Å². The van der Waals surface area contributed by atoms with Gasteiger partial charge in [-0.2, -0.15) is 0 Å². The molecule has 0 unspecified atom stereocenters. The number of pyridine rings is 1. The average Bonchev–Trinajstić information content (AvgIpc) is 2.66.